The molecule has 2 atom stereocenters. The molecule has 0 fully saturated rings. The molecular weight excluding hydrogens is 378 g/mol. The fourth-order valence-corrected chi connectivity index (χ4v) is 3.18. The molecule has 1 heterocycles. The fourth-order valence-electron chi connectivity index (χ4n) is 2.84. The Balaban J connectivity index is 1.63. The Hall–Kier alpha value is -3.13. The largest absolute Gasteiger partial charge is 0.361 e. The summed E-state index contributed by atoms with van der Waals surface area (Å²) in [7, 11) is 0. The lowest BCUT2D eigenvalue weighted by Gasteiger charge is -2.09. The predicted molar refractivity (Wildman–Crippen MR) is 108 cm³/mol. The number of H-pyrrole nitrogens is 1. The van der Waals surface area contributed by atoms with Gasteiger partial charge in [-0.05, 0) is 59.8 Å². The van der Waals surface area contributed by atoms with E-state index in [1.165, 1.54) is 29.8 Å². The number of carbonyl (C=O) groups is 1. The highest BCUT2D eigenvalue weighted by Gasteiger charge is 2.13. The molecule has 8 nitrogen and oxygen atoms in total. The Morgan fingerprint density at radius 3 is 2.75 bits per heavy atom. The van der Waals surface area contributed by atoms with Gasteiger partial charge in [0, 0.05) is 28.9 Å². The molecule has 2 aromatic carbocycles. The molecule has 0 saturated heterocycles. The molecule has 0 saturated carbocycles. The topological polar surface area (TPSA) is 121 Å². The summed E-state index contributed by atoms with van der Waals surface area (Å²) in [6.07, 6.45) is 2.80. The lowest BCUT2D eigenvalue weighted by Crippen LogP contribution is -2.03. The zero-order valence-electron chi connectivity index (χ0n) is 15.2. The van der Waals surface area contributed by atoms with Crippen LogP contribution in [0, 0.1) is 0 Å². The second-order valence-electron chi connectivity index (χ2n) is 6.18. The van der Waals surface area contributed by atoms with Gasteiger partial charge < -0.3 is 4.98 Å². The van der Waals surface area contributed by atoms with E-state index in [4.69, 9.17) is 4.55 Å². The van der Waals surface area contributed by atoms with Crippen LogP contribution in [0.15, 0.2) is 65.0 Å². The minimum atomic E-state index is -2.16. The number of hydrogen-bond acceptors (Lipinski definition) is 3. The van der Waals surface area contributed by atoms with Crippen molar-refractivity contribution in [3.8, 4) is 0 Å². The van der Waals surface area contributed by atoms with Crippen molar-refractivity contribution in [2.24, 2.45) is 10.2 Å². The van der Waals surface area contributed by atoms with Gasteiger partial charge in [0.25, 0.3) is 11.3 Å². The van der Waals surface area contributed by atoms with Gasteiger partial charge in [0.2, 0.25) is 10.0 Å². The summed E-state index contributed by atoms with van der Waals surface area (Å²) in [5, 5.41) is 8.81. The Kier molecular flexibility index (Phi) is 6.44. The van der Waals surface area contributed by atoms with E-state index in [2.05, 4.69) is 43.9 Å². The van der Waals surface area contributed by atoms with Gasteiger partial charge in [-0.15, -0.1) is 0 Å². The summed E-state index contributed by atoms with van der Waals surface area (Å²) in [6.45, 7) is 2.52. The number of fused-ring (bicyclic) bond motifs is 1. The third kappa shape index (κ3) is 4.98. The fraction of sp³-hybridized carbons (Fsp3) is 0.211. The van der Waals surface area contributed by atoms with Crippen molar-refractivity contribution in [3.63, 3.8) is 0 Å². The average Bonchev–Trinajstić information content (AvgIpc) is 3.16. The zero-order valence-corrected chi connectivity index (χ0v) is 16.0. The van der Waals surface area contributed by atoms with E-state index in [9.17, 15) is 9.00 Å². The molecule has 3 N–H and O–H groups in total. The molecule has 0 aliphatic rings. The van der Waals surface area contributed by atoms with Crippen LogP contribution in [0.2, 0.25) is 0 Å². The van der Waals surface area contributed by atoms with Crippen molar-refractivity contribution in [1.29, 1.82) is 0 Å². The second-order valence-corrected chi connectivity index (χ2v) is 6.88. The third-order valence-electron chi connectivity index (χ3n) is 4.38. The van der Waals surface area contributed by atoms with Gasteiger partial charge in [0.1, 0.15) is 11.7 Å². The Labute approximate surface area is 164 Å². The van der Waals surface area contributed by atoms with E-state index in [0.29, 0.717) is 17.8 Å². The first kappa shape index (κ1) is 19.6. The standard InChI is InChI=1S/C19H19N5O3S/c1-2-13(15-5-8-18-16(11-15)9-10-20-18)12-21-24-22-19(25)14-3-6-17(7-4-14)23-28(26)27/h3-11,13,20H,2,12H2,1H3,(H-,23,25,26,27)/p+1. The molecule has 0 bridgehead atoms. The van der Waals surface area contributed by atoms with E-state index in [1.807, 2.05) is 18.3 Å². The molecule has 9 heteroatoms. The van der Waals surface area contributed by atoms with Crippen LogP contribution in [-0.4, -0.2) is 26.2 Å². The van der Waals surface area contributed by atoms with Crippen molar-refractivity contribution >= 4 is 33.8 Å². The maximum Gasteiger partial charge on any atom is 0.360 e. The van der Waals surface area contributed by atoms with E-state index >= 15 is 0 Å². The number of nitrogens with one attached hydrogen (secondary N) is 2. The first-order valence-corrected chi connectivity index (χ1v) is 9.84. The van der Waals surface area contributed by atoms with Gasteiger partial charge in [0.15, 0.2) is 0 Å². The van der Waals surface area contributed by atoms with E-state index < -0.39 is 17.2 Å². The summed E-state index contributed by atoms with van der Waals surface area (Å²) in [5.74, 6) is -0.333. The SMILES string of the molecule is CCC(CN=[N+]=NC(=O)c1ccc(NS(=O)O)cc1)c1ccc2[nH]ccc2c1. The van der Waals surface area contributed by atoms with Crippen LogP contribution in [-0.2, 0) is 11.3 Å². The van der Waals surface area contributed by atoms with Crippen molar-refractivity contribution in [2.75, 3.05) is 11.3 Å². The number of amides is 1. The van der Waals surface area contributed by atoms with Crippen LogP contribution in [0.3, 0.4) is 0 Å². The van der Waals surface area contributed by atoms with Gasteiger partial charge >= 0.3 is 5.91 Å². The minimum absolute atomic E-state index is 0.193. The number of hydrogen-bond donors (Lipinski definition) is 3. The molecule has 0 aliphatic heterocycles. The van der Waals surface area contributed by atoms with Crippen molar-refractivity contribution in [2.45, 2.75) is 19.3 Å². The van der Waals surface area contributed by atoms with Gasteiger partial charge in [-0.25, -0.2) is 4.21 Å². The lowest BCUT2D eigenvalue weighted by molar-refractivity contribution is 0.0992. The second kappa shape index (κ2) is 9.18. The van der Waals surface area contributed by atoms with Crippen LogP contribution < -0.4 is 9.63 Å². The summed E-state index contributed by atoms with van der Waals surface area (Å²) < 4.78 is 21.8. The monoisotopic (exact) mass is 398 g/mol. The van der Waals surface area contributed by atoms with Crippen molar-refractivity contribution in [3.05, 3.63) is 65.9 Å². The molecular formula is C19H20N5O3S+. The van der Waals surface area contributed by atoms with Crippen molar-refractivity contribution in [1.82, 2.24) is 9.90 Å². The molecule has 1 amide bonds. The molecule has 3 rings (SSSR count). The number of benzene rings is 2. The number of aromatic nitrogens is 1. The molecule has 0 aliphatic carbocycles. The molecule has 0 radical (unpaired) electrons. The van der Waals surface area contributed by atoms with E-state index in [-0.39, 0.29) is 5.92 Å². The highest BCUT2D eigenvalue weighted by atomic mass is 32.2. The highest BCUT2D eigenvalue weighted by Crippen LogP contribution is 2.23. The molecule has 1 aromatic heterocycles. The quantitative estimate of drug-likeness (QED) is 0.316. The molecule has 2 unspecified atom stereocenters. The van der Waals surface area contributed by atoms with E-state index in [1.54, 1.807) is 0 Å². The van der Waals surface area contributed by atoms with E-state index in [0.717, 1.165) is 17.3 Å². The first-order valence-electron chi connectivity index (χ1n) is 8.73. The van der Waals surface area contributed by atoms with Gasteiger partial charge in [-0.3, -0.25) is 14.1 Å². The zero-order chi connectivity index (χ0) is 19.9. The number of anilines is 1. The molecule has 0 spiro atoms. The molecule has 28 heavy (non-hydrogen) atoms. The Morgan fingerprint density at radius 1 is 1.25 bits per heavy atom. The summed E-state index contributed by atoms with van der Waals surface area (Å²) >= 11 is -2.16. The number of nitrogens with zero attached hydrogens (tertiary/aromatic N) is 3. The third-order valence-corrected chi connectivity index (χ3v) is 4.79. The Morgan fingerprint density at radius 2 is 2.04 bits per heavy atom. The first-order chi connectivity index (χ1) is 13.6. The number of rotatable bonds is 7. The summed E-state index contributed by atoms with van der Waals surface area (Å²) in [4.78, 5) is 18.9. The van der Waals surface area contributed by atoms with Crippen LogP contribution in [0.4, 0.5) is 5.69 Å². The summed E-state index contributed by atoms with van der Waals surface area (Å²) in [5.41, 5.74) is 3.00. The van der Waals surface area contributed by atoms with Gasteiger partial charge in [-0.2, -0.15) is 0 Å². The average molecular weight is 398 g/mol. The normalized spacial score (nSPS) is 12.8. The van der Waals surface area contributed by atoms with Crippen LogP contribution >= 0.6 is 0 Å². The van der Waals surface area contributed by atoms with Crippen LogP contribution in [0.1, 0.15) is 35.2 Å². The molecule has 144 valence electrons. The summed E-state index contributed by atoms with van der Waals surface area (Å²) in [6, 6.07) is 14.3. The predicted octanol–water partition coefficient (Wildman–Crippen LogP) is 4.02. The van der Waals surface area contributed by atoms with Crippen LogP contribution in [0.5, 0.6) is 0 Å². The smallest absolute Gasteiger partial charge is 0.360 e. The number of carbonyl (C=O) groups excluding carboxylic acids is 1. The number of aromatic amines is 1. The maximum absolute atomic E-state index is 12.0. The lowest BCUT2D eigenvalue weighted by atomic mass is 9.96. The Bertz CT molecular complexity index is 1050. The van der Waals surface area contributed by atoms with Gasteiger partial charge in [-0.1, -0.05) is 13.0 Å². The van der Waals surface area contributed by atoms with Gasteiger partial charge in [0.05, 0.1) is 0 Å². The molecule has 3 aromatic rings. The maximum atomic E-state index is 12.0. The van der Waals surface area contributed by atoms with Crippen molar-refractivity contribution < 1.29 is 13.6 Å². The van der Waals surface area contributed by atoms with Crippen LogP contribution in [0.25, 0.3) is 10.9 Å². The minimum Gasteiger partial charge on any atom is -0.361 e. The highest BCUT2D eigenvalue weighted by molar-refractivity contribution is 7.80.